The Morgan fingerprint density at radius 2 is 1.12 bits per heavy atom. The molecule has 2 aromatic heterocycles. The Kier molecular flexibility index (Phi) is 11.2. The highest BCUT2D eigenvalue weighted by atomic mass is 79.9. The largest absolute Gasteiger partial charge is 0.586 e. The molecule has 0 atom stereocenters. The molecule has 0 unspecified atom stereocenters. The number of hydrogen-bond acceptors (Lipinski definition) is 14. The van der Waals surface area contributed by atoms with E-state index in [1.807, 2.05) is 18.2 Å². The quantitative estimate of drug-likeness (QED) is 0.101. The number of nitrogens with one attached hydrogen (secondary N) is 2. The standard InChI is InChI=1S/C22H14F2N2O4S.C14H7BrF2N2O3S.C8H9BO3/c23-22(24)29-17-6-13-8-20(25-15(13)9-18(17)30-22)26-21(27)14-7-19(31-10-14)12-1-2-16-11(5-12)3-4-28-16;15-11-2-7(5-23-11)13(20)19-12-3-6-1-9-10(4-8(6)18-12)22-14(16,17)21-9;10-9(11)7-1-2-8-6(5-7)3-4-12-8/h1-2,5-7,9-10H,3-4,8H2,(H,25,26,27);1-2,4-5H,3H2,(H,18,19,20);1-2,5,10-11H,3-4H2. The number of amidine groups is 2. The molecule has 0 spiro atoms. The summed E-state index contributed by atoms with van der Waals surface area (Å²) >= 11 is 6.19. The number of ether oxygens (including phenoxy) is 6. The van der Waals surface area contributed by atoms with E-state index in [-0.39, 0.29) is 34.8 Å². The number of thiophene rings is 2. The van der Waals surface area contributed by atoms with E-state index in [2.05, 4.69) is 61.6 Å². The minimum atomic E-state index is -3.67. The van der Waals surface area contributed by atoms with Crippen LogP contribution in [0.4, 0.5) is 28.9 Å². The van der Waals surface area contributed by atoms with E-state index in [1.165, 1.54) is 52.5 Å². The summed E-state index contributed by atoms with van der Waals surface area (Å²) < 4.78 is 81.9. The minimum absolute atomic E-state index is 0.0294. The lowest BCUT2D eigenvalue weighted by molar-refractivity contribution is -0.287. The molecular formula is C44H30BBrF4N4O10S2. The Labute approximate surface area is 387 Å². The van der Waals surface area contributed by atoms with Crippen molar-refractivity contribution in [2.45, 2.75) is 38.3 Å². The predicted octanol–water partition coefficient (Wildman–Crippen LogP) is 7.84. The van der Waals surface area contributed by atoms with Crippen molar-refractivity contribution in [1.29, 1.82) is 0 Å². The zero-order chi connectivity index (χ0) is 45.9. The zero-order valence-corrected chi connectivity index (χ0v) is 36.9. The number of alkyl halides is 4. The number of aliphatic imine (C=N–C) groups is 2. The average molecular weight is 1010 g/mol. The number of nitrogens with zero attached hydrogens (tertiary/aromatic N) is 2. The first-order valence-corrected chi connectivity index (χ1v) is 22.5. The molecule has 6 aliphatic heterocycles. The van der Waals surface area contributed by atoms with Gasteiger partial charge in [0.25, 0.3) is 11.8 Å². The highest BCUT2D eigenvalue weighted by Crippen LogP contribution is 2.47. The first kappa shape index (κ1) is 43.4. The van der Waals surface area contributed by atoms with Crippen LogP contribution in [0.3, 0.4) is 0 Å². The smallest absolute Gasteiger partial charge is 0.493 e. The monoisotopic (exact) mass is 1000 g/mol. The third kappa shape index (κ3) is 9.18. The van der Waals surface area contributed by atoms with Gasteiger partial charge in [0, 0.05) is 53.5 Å². The van der Waals surface area contributed by atoms with Crippen molar-refractivity contribution in [1.82, 2.24) is 10.6 Å². The molecule has 6 aliphatic rings. The van der Waals surface area contributed by atoms with E-state index >= 15 is 0 Å². The normalized spacial score (nSPS) is 16.4. The van der Waals surface area contributed by atoms with Gasteiger partial charge in [-0.1, -0.05) is 12.1 Å². The van der Waals surface area contributed by atoms with Crippen molar-refractivity contribution in [3.63, 3.8) is 0 Å². The van der Waals surface area contributed by atoms with E-state index in [0.29, 0.717) is 76.8 Å². The molecule has 0 bridgehead atoms. The molecular weight excluding hydrogens is 975 g/mol. The van der Waals surface area contributed by atoms with Crippen LogP contribution in [-0.2, 0) is 25.7 Å². The Balaban J connectivity index is 0.000000128. The second-order valence-corrected chi connectivity index (χ2v) is 18.4. The van der Waals surface area contributed by atoms with E-state index in [9.17, 15) is 27.2 Å². The van der Waals surface area contributed by atoms with E-state index < -0.39 is 19.7 Å². The van der Waals surface area contributed by atoms with Crippen molar-refractivity contribution in [3.8, 4) is 44.9 Å². The van der Waals surface area contributed by atoms with Crippen LogP contribution in [0.25, 0.3) is 10.4 Å². The number of benzene rings is 4. The third-order valence-corrected chi connectivity index (χ3v) is 13.1. The number of carbonyl (C=O) groups excluding carboxylic acids is 2. The second-order valence-electron chi connectivity index (χ2n) is 15.2. The molecule has 12 rings (SSSR count). The Bertz CT molecular complexity index is 3040. The summed E-state index contributed by atoms with van der Waals surface area (Å²) in [4.78, 5) is 34.4. The van der Waals surface area contributed by atoms with Gasteiger partial charge >= 0.3 is 19.7 Å². The number of carbonyl (C=O) groups is 2. The first-order chi connectivity index (χ1) is 31.6. The fraction of sp³-hybridized carbons (Fsp3) is 0.182. The Morgan fingerprint density at radius 3 is 1.65 bits per heavy atom. The number of amides is 2. The van der Waals surface area contributed by atoms with E-state index in [1.54, 1.807) is 35.0 Å². The topological polar surface area (TPSA) is 179 Å². The molecule has 0 saturated carbocycles. The van der Waals surface area contributed by atoms with Crippen LogP contribution in [0.1, 0.15) is 43.0 Å². The van der Waals surface area contributed by atoms with Gasteiger partial charge in [-0.25, -0.2) is 9.98 Å². The van der Waals surface area contributed by atoms with Crippen LogP contribution in [-0.4, -0.2) is 66.5 Å². The molecule has 66 heavy (non-hydrogen) atoms. The lowest BCUT2D eigenvalue weighted by atomic mass is 9.79. The fourth-order valence-electron chi connectivity index (χ4n) is 7.57. The highest BCUT2D eigenvalue weighted by molar-refractivity contribution is 9.11. The second kappa shape index (κ2) is 17.1. The first-order valence-electron chi connectivity index (χ1n) is 19.9. The zero-order valence-electron chi connectivity index (χ0n) is 33.7. The van der Waals surface area contributed by atoms with Crippen LogP contribution in [0.5, 0.6) is 34.5 Å². The Hall–Kier alpha value is -6.46. The van der Waals surface area contributed by atoms with Gasteiger partial charge < -0.3 is 49.1 Å². The summed E-state index contributed by atoms with van der Waals surface area (Å²) in [5.74, 6) is 1.93. The van der Waals surface area contributed by atoms with Crippen molar-refractivity contribution >= 4 is 86.0 Å². The predicted molar refractivity (Wildman–Crippen MR) is 238 cm³/mol. The summed E-state index contributed by atoms with van der Waals surface area (Å²) in [6.45, 7) is 1.39. The van der Waals surface area contributed by atoms with Crippen molar-refractivity contribution in [3.05, 3.63) is 121 Å². The number of fused-ring (bicyclic) bond motifs is 6. The third-order valence-electron chi connectivity index (χ3n) is 10.6. The van der Waals surface area contributed by atoms with Gasteiger partial charge in [-0.05, 0) is 97.7 Å². The molecule has 14 nitrogen and oxygen atoms in total. The SMILES string of the molecule is O=C(NC1=Nc2cc3c(cc2C1)OC(F)(F)O3)c1csc(-c2ccc3c(c2)CCO3)c1.O=C(NC1=Nc2cc3c(cc2C1)OC(F)(F)O3)c1csc(Br)c1.OB(O)c1ccc2c(c1)CCO2. The van der Waals surface area contributed by atoms with E-state index in [0.717, 1.165) is 44.1 Å². The number of halogens is 5. The lowest BCUT2D eigenvalue weighted by Crippen LogP contribution is -2.30. The maximum Gasteiger partial charge on any atom is 0.586 e. The van der Waals surface area contributed by atoms with Crippen LogP contribution in [0.15, 0.2) is 97.3 Å². The number of hydrogen-bond donors (Lipinski definition) is 4. The van der Waals surface area contributed by atoms with Gasteiger partial charge in [0.05, 0.1) is 39.5 Å². The fourth-order valence-corrected chi connectivity index (χ4v) is 9.59. The van der Waals surface area contributed by atoms with Crippen LogP contribution >= 0.6 is 38.6 Å². The molecule has 0 aliphatic carbocycles. The maximum atomic E-state index is 13.2. The molecule has 336 valence electrons. The summed E-state index contributed by atoms with van der Waals surface area (Å²) in [6.07, 6.45) is -4.93. The highest BCUT2D eigenvalue weighted by Gasteiger charge is 2.45. The number of rotatable bonds is 4. The summed E-state index contributed by atoms with van der Waals surface area (Å²) in [5, 5.41) is 26.8. The molecule has 0 radical (unpaired) electrons. The van der Waals surface area contributed by atoms with Gasteiger partial charge in [-0.15, -0.1) is 40.2 Å². The lowest BCUT2D eigenvalue weighted by Gasteiger charge is -2.04. The molecule has 4 aromatic carbocycles. The van der Waals surface area contributed by atoms with Gasteiger partial charge in [0.15, 0.2) is 23.0 Å². The average Bonchev–Trinajstić information content (AvgIpc) is 4.12. The van der Waals surface area contributed by atoms with Crippen LogP contribution in [0, 0.1) is 0 Å². The summed E-state index contributed by atoms with van der Waals surface area (Å²) in [6, 6.07) is 20.5. The summed E-state index contributed by atoms with van der Waals surface area (Å²) in [7, 11) is -1.38. The maximum absolute atomic E-state index is 13.2. The van der Waals surface area contributed by atoms with Crippen LogP contribution in [0.2, 0.25) is 0 Å². The van der Waals surface area contributed by atoms with E-state index in [4.69, 9.17) is 19.5 Å². The van der Waals surface area contributed by atoms with Gasteiger partial charge in [-0.3, -0.25) is 9.59 Å². The molecule has 8 heterocycles. The molecule has 2 amide bonds. The molecule has 22 heteroatoms. The van der Waals surface area contributed by atoms with Gasteiger partial charge in [0.1, 0.15) is 23.2 Å². The minimum Gasteiger partial charge on any atom is -0.493 e. The molecule has 4 N–H and O–H groups in total. The Morgan fingerprint density at radius 1 is 0.621 bits per heavy atom. The molecule has 0 saturated heterocycles. The molecule has 6 aromatic rings. The van der Waals surface area contributed by atoms with Crippen molar-refractivity contribution < 1.29 is 65.6 Å². The van der Waals surface area contributed by atoms with Gasteiger partial charge in [-0.2, -0.15) is 0 Å². The van der Waals surface area contributed by atoms with Gasteiger partial charge in [0.2, 0.25) is 0 Å². The van der Waals surface area contributed by atoms with Crippen LogP contribution < -0.4 is 44.5 Å². The molecule has 0 fully saturated rings. The summed E-state index contributed by atoms with van der Waals surface area (Å²) in [5.41, 5.74) is 7.18. The van der Waals surface area contributed by atoms with Crippen molar-refractivity contribution in [2.24, 2.45) is 9.98 Å². The van der Waals surface area contributed by atoms with Crippen molar-refractivity contribution in [2.75, 3.05) is 13.2 Å².